The lowest BCUT2D eigenvalue weighted by atomic mass is 10.2. The Morgan fingerprint density at radius 3 is 2.42 bits per heavy atom. The number of hydrogen-bond donors (Lipinski definition) is 1. The minimum atomic E-state index is -0.728. The van der Waals surface area contributed by atoms with Gasteiger partial charge in [-0.25, -0.2) is 0 Å². The molecule has 0 atom stereocenters. The Hall–Kier alpha value is -3.06. The summed E-state index contributed by atoms with van der Waals surface area (Å²) in [6.07, 6.45) is 1.60. The molecule has 0 spiro atoms. The van der Waals surface area contributed by atoms with Crippen LogP contribution in [0.25, 0.3) is 6.08 Å². The van der Waals surface area contributed by atoms with Crippen molar-refractivity contribution in [3.8, 4) is 5.75 Å². The molecule has 1 fully saturated rings. The fourth-order valence-electron chi connectivity index (χ4n) is 2.34. The third-order valence-electron chi connectivity index (χ3n) is 3.61. The molecule has 2 N–H and O–H groups in total. The zero-order chi connectivity index (χ0) is 18.5. The number of nitrogens with two attached hydrogens (primary N) is 1. The molecule has 3 rings (SSSR count). The van der Waals surface area contributed by atoms with Gasteiger partial charge >= 0.3 is 0 Å². The van der Waals surface area contributed by atoms with E-state index >= 15 is 0 Å². The first-order chi connectivity index (χ1) is 12.5. The minimum absolute atomic E-state index is 0.259. The molecule has 2 aromatic carbocycles. The number of imide groups is 1. The number of benzene rings is 2. The van der Waals surface area contributed by atoms with Crippen molar-refractivity contribution in [2.45, 2.75) is 6.61 Å². The second-order valence-corrected chi connectivity index (χ2v) is 6.57. The Labute approximate surface area is 154 Å². The van der Waals surface area contributed by atoms with Gasteiger partial charge in [-0.2, -0.15) is 0 Å². The Balaban J connectivity index is 1.65. The van der Waals surface area contributed by atoms with Crippen LogP contribution in [-0.2, 0) is 16.2 Å². The van der Waals surface area contributed by atoms with Gasteiger partial charge in [0.25, 0.3) is 11.1 Å². The number of nitrogens with zero attached hydrogens (tertiary/aromatic N) is 1. The van der Waals surface area contributed by atoms with Gasteiger partial charge in [0.1, 0.15) is 18.9 Å². The van der Waals surface area contributed by atoms with Crippen LogP contribution in [0, 0.1) is 0 Å². The number of ether oxygens (including phenoxy) is 1. The van der Waals surface area contributed by atoms with E-state index in [4.69, 9.17) is 10.5 Å². The monoisotopic (exact) mass is 368 g/mol. The Morgan fingerprint density at radius 2 is 1.77 bits per heavy atom. The number of hydrogen-bond acceptors (Lipinski definition) is 5. The molecule has 1 saturated heterocycles. The van der Waals surface area contributed by atoms with E-state index in [1.807, 2.05) is 30.3 Å². The summed E-state index contributed by atoms with van der Waals surface area (Å²) in [5.41, 5.74) is 6.87. The van der Waals surface area contributed by atoms with Crippen molar-refractivity contribution < 1.29 is 19.1 Å². The van der Waals surface area contributed by atoms with Crippen molar-refractivity contribution >= 4 is 34.9 Å². The number of carbonyl (C=O) groups is 3. The summed E-state index contributed by atoms with van der Waals surface area (Å²) >= 11 is 0.790. The molecule has 3 amide bonds. The molecular weight excluding hydrogens is 352 g/mol. The maximum atomic E-state index is 12.2. The maximum absolute atomic E-state index is 12.2. The summed E-state index contributed by atoms with van der Waals surface area (Å²) in [6, 6.07) is 17.0. The standard InChI is InChI=1S/C19H16N2O4S/c20-17(22)11-21-18(23)16(26-19(21)24)10-13-6-8-15(9-7-13)25-12-14-4-2-1-3-5-14/h1-10H,11-12H2,(H2,20,22)/b16-10-. The Bertz CT molecular complexity index is 863. The van der Waals surface area contributed by atoms with E-state index < -0.39 is 23.6 Å². The minimum Gasteiger partial charge on any atom is -0.489 e. The number of amides is 3. The van der Waals surface area contributed by atoms with Crippen LogP contribution in [0.3, 0.4) is 0 Å². The first kappa shape index (κ1) is 17.8. The molecule has 132 valence electrons. The van der Waals surface area contributed by atoms with Crippen LogP contribution in [0.2, 0.25) is 0 Å². The summed E-state index contributed by atoms with van der Waals surface area (Å²) in [4.78, 5) is 36.0. The van der Waals surface area contributed by atoms with Crippen LogP contribution in [0.15, 0.2) is 59.5 Å². The molecular formula is C19H16N2O4S. The second kappa shape index (κ2) is 7.88. The highest BCUT2D eigenvalue weighted by Gasteiger charge is 2.35. The second-order valence-electron chi connectivity index (χ2n) is 5.58. The third-order valence-corrected chi connectivity index (χ3v) is 4.52. The Kier molecular flexibility index (Phi) is 5.38. The van der Waals surface area contributed by atoms with Crippen LogP contribution in [0.4, 0.5) is 4.79 Å². The topological polar surface area (TPSA) is 89.7 Å². The molecule has 1 heterocycles. The van der Waals surface area contributed by atoms with Crippen LogP contribution in [-0.4, -0.2) is 28.5 Å². The highest BCUT2D eigenvalue weighted by molar-refractivity contribution is 8.18. The average molecular weight is 368 g/mol. The fourth-order valence-corrected chi connectivity index (χ4v) is 3.18. The van der Waals surface area contributed by atoms with E-state index in [9.17, 15) is 14.4 Å². The lowest BCUT2D eigenvalue weighted by molar-refractivity contribution is -0.127. The van der Waals surface area contributed by atoms with Crippen LogP contribution < -0.4 is 10.5 Å². The van der Waals surface area contributed by atoms with Crippen molar-refractivity contribution in [3.05, 3.63) is 70.6 Å². The van der Waals surface area contributed by atoms with E-state index in [-0.39, 0.29) is 4.91 Å². The van der Waals surface area contributed by atoms with Gasteiger partial charge in [-0.15, -0.1) is 0 Å². The molecule has 0 aliphatic carbocycles. The van der Waals surface area contributed by atoms with E-state index in [0.717, 1.165) is 27.8 Å². The highest BCUT2D eigenvalue weighted by atomic mass is 32.2. The molecule has 0 aromatic heterocycles. The van der Waals surface area contributed by atoms with Crippen molar-refractivity contribution in [2.24, 2.45) is 5.73 Å². The summed E-state index contributed by atoms with van der Waals surface area (Å²) in [7, 11) is 0. The predicted molar refractivity (Wildman–Crippen MR) is 99.1 cm³/mol. The van der Waals surface area contributed by atoms with Gasteiger partial charge in [0, 0.05) is 0 Å². The summed E-state index contributed by atoms with van der Waals surface area (Å²) < 4.78 is 5.71. The van der Waals surface area contributed by atoms with Crippen LogP contribution >= 0.6 is 11.8 Å². The van der Waals surface area contributed by atoms with Crippen molar-refractivity contribution in [1.82, 2.24) is 4.90 Å². The van der Waals surface area contributed by atoms with E-state index in [1.165, 1.54) is 0 Å². The maximum Gasteiger partial charge on any atom is 0.294 e. The first-order valence-electron chi connectivity index (χ1n) is 7.83. The molecule has 0 unspecified atom stereocenters. The molecule has 26 heavy (non-hydrogen) atoms. The zero-order valence-corrected chi connectivity index (χ0v) is 14.6. The van der Waals surface area contributed by atoms with Gasteiger partial charge in [-0.3, -0.25) is 19.3 Å². The summed E-state index contributed by atoms with van der Waals surface area (Å²) in [6.45, 7) is 0.0560. The number of primary amides is 1. The van der Waals surface area contributed by atoms with Crippen LogP contribution in [0.5, 0.6) is 5.75 Å². The third kappa shape index (κ3) is 4.31. The quantitative estimate of drug-likeness (QED) is 0.792. The SMILES string of the molecule is NC(=O)CN1C(=O)S/C(=C\c2ccc(OCc3ccccc3)cc2)C1=O. The van der Waals surface area contributed by atoms with E-state index in [0.29, 0.717) is 12.4 Å². The van der Waals surface area contributed by atoms with E-state index in [1.54, 1.807) is 30.3 Å². The molecule has 6 nitrogen and oxygen atoms in total. The fraction of sp³-hybridized carbons (Fsp3) is 0.105. The largest absolute Gasteiger partial charge is 0.489 e. The van der Waals surface area contributed by atoms with E-state index in [2.05, 4.69) is 0 Å². The van der Waals surface area contributed by atoms with Crippen LogP contribution in [0.1, 0.15) is 11.1 Å². The average Bonchev–Trinajstić information content (AvgIpc) is 2.89. The number of rotatable bonds is 6. The molecule has 1 aliphatic heterocycles. The zero-order valence-electron chi connectivity index (χ0n) is 13.8. The lowest BCUT2D eigenvalue weighted by Crippen LogP contribution is -2.36. The molecule has 0 radical (unpaired) electrons. The Morgan fingerprint density at radius 1 is 1.08 bits per heavy atom. The van der Waals surface area contributed by atoms with Crippen molar-refractivity contribution in [3.63, 3.8) is 0 Å². The van der Waals surface area contributed by atoms with Gasteiger partial charge in [0.15, 0.2) is 0 Å². The van der Waals surface area contributed by atoms with Gasteiger partial charge in [-0.1, -0.05) is 42.5 Å². The summed E-state index contributed by atoms with van der Waals surface area (Å²) in [5.74, 6) is -0.537. The van der Waals surface area contributed by atoms with Gasteiger partial charge < -0.3 is 10.5 Å². The van der Waals surface area contributed by atoms with Gasteiger partial charge in [0.05, 0.1) is 4.91 Å². The predicted octanol–water partition coefficient (Wildman–Crippen LogP) is 2.79. The van der Waals surface area contributed by atoms with Crippen molar-refractivity contribution in [1.29, 1.82) is 0 Å². The molecule has 0 saturated carbocycles. The number of carbonyl (C=O) groups excluding carboxylic acids is 3. The molecule has 2 aromatic rings. The van der Waals surface area contributed by atoms with Crippen molar-refractivity contribution in [2.75, 3.05) is 6.54 Å². The number of thioether (sulfide) groups is 1. The van der Waals surface area contributed by atoms with Gasteiger partial charge in [0.2, 0.25) is 5.91 Å². The molecule has 0 bridgehead atoms. The highest BCUT2D eigenvalue weighted by Crippen LogP contribution is 2.32. The smallest absolute Gasteiger partial charge is 0.294 e. The lowest BCUT2D eigenvalue weighted by Gasteiger charge is -2.08. The molecule has 7 heteroatoms. The van der Waals surface area contributed by atoms with Gasteiger partial charge in [-0.05, 0) is 41.1 Å². The first-order valence-corrected chi connectivity index (χ1v) is 8.65. The normalized spacial score (nSPS) is 15.5. The summed E-state index contributed by atoms with van der Waals surface area (Å²) in [5, 5.41) is -0.497. The molecule has 1 aliphatic rings.